The van der Waals surface area contributed by atoms with Gasteiger partial charge in [-0.25, -0.2) is 9.97 Å². The second-order valence-electron chi connectivity index (χ2n) is 2.98. The van der Waals surface area contributed by atoms with E-state index in [1.54, 1.807) is 13.3 Å². The van der Waals surface area contributed by atoms with E-state index in [1.165, 1.54) is 17.9 Å². The lowest BCUT2D eigenvalue weighted by atomic mass is 10.4. The molecule has 0 saturated heterocycles. The van der Waals surface area contributed by atoms with Gasteiger partial charge in [-0.3, -0.25) is 0 Å². The van der Waals surface area contributed by atoms with Crippen molar-refractivity contribution in [2.24, 2.45) is 0 Å². The number of hydrogen-bond acceptors (Lipinski definition) is 7. The number of hydrogen-bond donors (Lipinski definition) is 2. The monoisotopic (exact) mass is 237 g/mol. The molecule has 0 bridgehead atoms. The molecule has 0 unspecified atom stereocenters. The average molecular weight is 237 g/mol. The highest BCUT2D eigenvalue weighted by Gasteiger charge is 2.11. The smallest absolute Gasteiger partial charge is 0.197 e. The summed E-state index contributed by atoms with van der Waals surface area (Å²) in [6, 6.07) is 1.84. The van der Waals surface area contributed by atoms with Gasteiger partial charge in [0.1, 0.15) is 6.33 Å². The van der Waals surface area contributed by atoms with Crippen molar-refractivity contribution in [3.8, 4) is 5.75 Å². The quantitative estimate of drug-likeness (QED) is 0.829. The molecule has 2 rings (SSSR count). The molecule has 0 fully saturated rings. The van der Waals surface area contributed by atoms with E-state index in [2.05, 4.69) is 19.7 Å². The van der Waals surface area contributed by atoms with Gasteiger partial charge in [-0.2, -0.15) is 4.37 Å². The van der Waals surface area contributed by atoms with Crippen molar-refractivity contribution in [2.75, 3.05) is 18.2 Å². The number of anilines is 2. The maximum atomic E-state index is 5.63. The van der Waals surface area contributed by atoms with Gasteiger partial charge >= 0.3 is 0 Å². The van der Waals surface area contributed by atoms with Crippen LogP contribution in [0.25, 0.3) is 0 Å². The predicted octanol–water partition coefficient (Wildman–Crippen LogP) is 1.14. The first-order valence-electron chi connectivity index (χ1n) is 4.59. The van der Waals surface area contributed by atoms with E-state index < -0.39 is 0 Å². The zero-order chi connectivity index (χ0) is 11.4. The molecule has 0 saturated carbocycles. The minimum atomic E-state index is 0.401. The summed E-state index contributed by atoms with van der Waals surface area (Å²) >= 11 is 1.27. The molecular formula is C9H11N5OS. The molecule has 2 aromatic rings. The molecule has 0 aromatic carbocycles. The molecule has 2 heterocycles. The Hall–Kier alpha value is -1.89. The first-order chi connectivity index (χ1) is 7.81. The summed E-state index contributed by atoms with van der Waals surface area (Å²) < 4.78 is 9.13. The van der Waals surface area contributed by atoms with Crippen LogP contribution < -0.4 is 15.8 Å². The molecule has 16 heavy (non-hydrogen) atoms. The maximum Gasteiger partial charge on any atom is 0.197 e. The Kier molecular flexibility index (Phi) is 3.16. The number of nitrogens with two attached hydrogens (primary N) is 1. The third kappa shape index (κ3) is 2.19. The van der Waals surface area contributed by atoms with Gasteiger partial charge < -0.3 is 15.8 Å². The van der Waals surface area contributed by atoms with Gasteiger partial charge in [-0.1, -0.05) is 0 Å². The van der Waals surface area contributed by atoms with E-state index in [0.717, 1.165) is 10.7 Å². The van der Waals surface area contributed by atoms with Crippen LogP contribution >= 0.6 is 11.5 Å². The fourth-order valence-corrected chi connectivity index (χ4v) is 1.88. The number of ether oxygens (including phenoxy) is 1. The van der Waals surface area contributed by atoms with Gasteiger partial charge in [0.25, 0.3) is 0 Å². The lowest BCUT2D eigenvalue weighted by molar-refractivity contribution is 0.419. The average Bonchev–Trinajstić information content (AvgIpc) is 2.68. The van der Waals surface area contributed by atoms with E-state index in [9.17, 15) is 0 Å². The molecule has 7 heteroatoms. The molecule has 0 amide bonds. The van der Waals surface area contributed by atoms with Crippen molar-refractivity contribution < 1.29 is 4.74 Å². The summed E-state index contributed by atoms with van der Waals surface area (Å²) in [4.78, 5) is 7.94. The van der Waals surface area contributed by atoms with Crippen molar-refractivity contribution >= 4 is 22.4 Å². The molecule has 0 atom stereocenters. The Labute approximate surface area is 96.7 Å². The molecular weight excluding hydrogens is 226 g/mol. The summed E-state index contributed by atoms with van der Waals surface area (Å²) in [6.07, 6.45) is 3.21. The topological polar surface area (TPSA) is 86.0 Å². The van der Waals surface area contributed by atoms with E-state index >= 15 is 0 Å². The van der Waals surface area contributed by atoms with Crippen LogP contribution in [-0.2, 0) is 6.54 Å². The largest absolute Gasteiger partial charge is 0.490 e. The molecule has 84 valence electrons. The standard InChI is InChI=1S/C9H11N5OS/c1-15-7-8(10)14-16-9(7)12-4-6-2-3-11-5-13-6/h2-3,5,12H,4H2,1H3,(H2,10,14). The minimum Gasteiger partial charge on any atom is -0.490 e. The van der Waals surface area contributed by atoms with Crippen LogP contribution in [0.3, 0.4) is 0 Å². The Morgan fingerprint density at radius 1 is 1.56 bits per heavy atom. The number of rotatable bonds is 4. The van der Waals surface area contributed by atoms with E-state index in [0.29, 0.717) is 18.1 Å². The van der Waals surface area contributed by atoms with Crippen LogP contribution in [0.1, 0.15) is 5.69 Å². The second kappa shape index (κ2) is 4.75. The first-order valence-corrected chi connectivity index (χ1v) is 5.36. The summed E-state index contributed by atoms with van der Waals surface area (Å²) in [5.74, 6) is 0.983. The Balaban J connectivity index is 2.05. The van der Waals surface area contributed by atoms with Crippen molar-refractivity contribution in [2.45, 2.75) is 6.54 Å². The molecule has 3 N–H and O–H groups in total. The lowest BCUT2D eigenvalue weighted by Crippen LogP contribution is -2.01. The minimum absolute atomic E-state index is 0.401. The van der Waals surface area contributed by atoms with Gasteiger partial charge in [0, 0.05) is 6.20 Å². The van der Waals surface area contributed by atoms with Crippen LogP contribution in [0.4, 0.5) is 10.8 Å². The zero-order valence-corrected chi connectivity index (χ0v) is 9.49. The molecule has 0 radical (unpaired) electrons. The highest BCUT2D eigenvalue weighted by Crippen LogP contribution is 2.34. The summed E-state index contributed by atoms with van der Waals surface area (Å²) in [5, 5.41) is 3.97. The predicted molar refractivity (Wildman–Crippen MR) is 62.4 cm³/mol. The first kappa shape index (κ1) is 10.6. The number of aromatic nitrogens is 3. The Bertz CT molecular complexity index is 458. The van der Waals surface area contributed by atoms with Gasteiger partial charge in [0.05, 0.1) is 19.3 Å². The fraction of sp³-hybridized carbons (Fsp3) is 0.222. The maximum absolute atomic E-state index is 5.63. The van der Waals surface area contributed by atoms with E-state index in [4.69, 9.17) is 10.5 Å². The van der Waals surface area contributed by atoms with Crippen LogP contribution in [0, 0.1) is 0 Å². The number of nitrogen functional groups attached to an aromatic ring is 1. The molecule has 2 aromatic heterocycles. The van der Waals surface area contributed by atoms with Crippen molar-refractivity contribution in [1.29, 1.82) is 0 Å². The number of nitrogens with zero attached hydrogens (tertiary/aromatic N) is 3. The summed E-state index contributed by atoms with van der Waals surface area (Å²) in [6.45, 7) is 0.584. The number of nitrogens with one attached hydrogen (secondary N) is 1. The molecule has 0 spiro atoms. The van der Waals surface area contributed by atoms with Gasteiger partial charge in [-0.15, -0.1) is 0 Å². The van der Waals surface area contributed by atoms with Crippen LogP contribution in [0.15, 0.2) is 18.6 Å². The third-order valence-electron chi connectivity index (χ3n) is 1.95. The zero-order valence-electron chi connectivity index (χ0n) is 8.67. The van der Waals surface area contributed by atoms with Gasteiger partial charge in [-0.05, 0) is 17.6 Å². The summed E-state index contributed by atoms with van der Waals surface area (Å²) in [7, 11) is 1.57. The highest BCUT2D eigenvalue weighted by molar-refractivity contribution is 7.11. The van der Waals surface area contributed by atoms with Crippen molar-refractivity contribution in [3.05, 3.63) is 24.3 Å². The lowest BCUT2D eigenvalue weighted by Gasteiger charge is -2.04. The van der Waals surface area contributed by atoms with E-state index in [1.807, 2.05) is 6.07 Å². The highest BCUT2D eigenvalue weighted by atomic mass is 32.1. The third-order valence-corrected chi connectivity index (χ3v) is 2.75. The normalized spacial score (nSPS) is 10.1. The fourth-order valence-electron chi connectivity index (χ4n) is 1.20. The molecule has 0 aliphatic rings. The Morgan fingerprint density at radius 2 is 2.44 bits per heavy atom. The SMILES string of the molecule is COc1c(N)nsc1NCc1ccncn1. The van der Waals surface area contributed by atoms with E-state index in [-0.39, 0.29) is 0 Å². The van der Waals surface area contributed by atoms with Crippen molar-refractivity contribution in [3.63, 3.8) is 0 Å². The van der Waals surface area contributed by atoms with Gasteiger partial charge in [0.15, 0.2) is 16.6 Å². The van der Waals surface area contributed by atoms with Crippen LogP contribution in [0.2, 0.25) is 0 Å². The van der Waals surface area contributed by atoms with Crippen LogP contribution in [-0.4, -0.2) is 21.5 Å². The molecule has 6 nitrogen and oxygen atoms in total. The van der Waals surface area contributed by atoms with Gasteiger partial charge in [0.2, 0.25) is 0 Å². The molecule has 0 aliphatic carbocycles. The molecule has 0 aliphatic heterocycles. The van der Waals surface area contributed by atoms with Crippen LogP contribution in [0.5, 0.6) is 5.75 Å². The van der Waals surface area contributed by atoms with Crippen molar-refractivity contribution in [1.82, 2.24) is 14.3 Å². The number of methoxy groups -OCH3 is 1. The second-order valence-corrected chi connectivity index (χ2v) is 3.76. The summed E-state index contributed by atoms with van der Waals surface area (Å²) in [5.41, 5.74) is 6.52. The Morgan fingerprint density at radius 3 is 3.12 bits per heavy atom.